The molecule has 5 nitrogen and oxygen atoms in total. The number of rotatable bonds is 3. The van der Waals surface area contributed by atoms with Gasteiger partial charge in [0, 0.05) is 36.4 Å². The fourth-order valence-electron chi connectivity index (χ4n) is 3.24. The Hall–Kier alpha value is -2.21. The second kappa shape index (κ2) is 4.89. The molecule has 0 unspecified atom stereocenters. The van der Waals surface area contributed by atoms with E-state index in [4.69, 9.17) is 0 Å². The van der Waals surface area contributed by atoms with Crippen molar-refractivity contribution in [3.8, 4) is 11.1 Å². The van der Waals surface area contributed by atoms with Crippen molar-refractivity contribution in [3.05, 3.63) is 36.2 Å². The minimum atomic E-state index is -0.863. The van der Waals surface area contributed by atoms with E-state index in [0.717, 1.165) is 30.7 Å². The number of halogens is 1. The lowest BCUT2D eigenvalue weighted by atomic mass is 10.1. The van der Waals surface area contributed by atoms with Crippen LogP contribution < -0.4 is 0 Å². The Bertz CT molecular complexity index is 888. The lowest BCUT2D eigenvalue weighted by molar-refractivity contribution is 0.0577. The van der Waals surface area contributed by atoms with Crippen LogP contribution in [0.2, 0.25) is 0 Å². The van der Waals surface area contributed by atoms with Gasteiger partial charge in [-0.3, -0.25) is 4.68 Å². The number of aromatic nitrogens is 4. The Kier molecular flexibility index (Phi) is 3.06. The molecule has 1 N–H and O–H groups in total. The minimum absolute atomic E-state index is 0.294. The predicted octanol–water partition coefficient (Wildman–Crippen LogP) is 2.76. The number of hydrogen-bond acceptors (Lipinski definition) is 3. The van der Waals surface area contributed by atoms with Crippen LogP contribution in [-0.2, 0) is 19.5 Å². The third kappa shape index (κ3) is 2.53. The molecule has 0 fully saturated rings. The first-order valence-corrected chi connectivity index (χ1v) is 7.85. The van der Waals surface area contributed by atoms with Crippen LogP contribution in [0.5, 0.6) is 0 Å². The third-order valence-corrected chi connectivity index (χ3v) is 4.19. The van der Waals surface area contributed by atoms with E-state index in [1.165, 1.54) is 6.07 Å². The standard InChI is InChI=1S/C17H19FN4O/c1-17(2,23)10-21-9-11(8-19-21)12-6-15-14(7-13(12)18)20-16-4-3-5-22(15)16/h6-9,23H,3-5,10H2,1-2H3. The summed E-state index contributed by atoms with van der Waals surface area (Å²) in [5, 5.41) is 14.1. The van der Waals surface area contributed by atoms with Crippen molar-refractivity contribution < 1.29 is 9.50 Å². The molecule has 3 aromatic rings. The molecule has 0 bridgehead atoms. The van der Waals surface area contributed by atoms with Crippen LogP contribution in [0.25, 0.3) is 22.2 Å². The minimum Gasteiger partial charge on any atom is -0.389 e. The molecule has 0 spiro atoms. The lowest BCUT2D eigenvalue weighted by Crippen LogP contribution is -2.26. The van der Waals surface area contributed by atoms with E-state index in [9.17, 15) is 9.50 Å². The molecule has 0 aliphatic carbocycles. The van der Waals surface area contributed by atoms with Gasteiger partial charge in [-0.2, -0.15) is 5.10 Å². The summed E-state index contributed by atoms with van der Waals surface area (Å²) in [7, 11) is 0. The molecule has 0 saturated carbocycles. The summed E-state index contributed by atoms with van der Waals surface area (Å²) in [6.45, 7) is 4.74. The summed E-state index contributed by atoms with van der Waals surface area (Å²) >= 11 is 0. The zero-order chi connectivity index (χ0) is 16.2. The first kappa shape index (κ1) is 14.4. The van der Waals surface area contributed by atoms with E-state index < -0.39 is 5.60 Å². The van der Waals surface area contributed by atoms with E-state index in [2.05, 4.69) is 14.6 Å². The fourth-order valence-corrected chi connectivity index (χ4v) is 3.24. The maximum absolute atomic E-state index is 14.5. The van der Waals surface area contributed by atoms with Gasteiger partial charge < -0.3 is 9.67 Å². The van der Waals surface area contributed by atoms with Gasteiger partial charge in [0.2, 0.25) is 0 Å². The molecule has 120 valence electrons. The molecule has 2 aromatic heterocycles. The quantitative estimate of drug-likeness (QED) is 0.809. The maximum atomic E-state index is 14.5. The van der Waals surface area contributed by atoms with Gasteiger partial charge in [0.25, 0.3) is 0 Å². The molecule has 1 aromatic carbocycles. The van der Waals surface area contributed by atoms with E-state index in [0.29, 0.717) is 23.2 Å². The molecule has 1 aliphatic rings. The van der Waals surface area contributed by atoms with Gasteiger partial charge >= 0.3 is 0 Å². The Morgan fingerprint density at radius 3 is 2.96 bits per heavy atom. The number of fused-ring (bicyclic) bond motifs is 3. The van der Waals surface area contributed by atoms with Gasteiger partial charge in [0.1, 0.15) is 11.6 Å². The summed E-state index contributed by atoms with van der Waals surface area (Å²) in [5.41, 5.74) is 2.06. The molecule has 3 heterocycles. The van der Waals surface area contributed by atoms with Crippen molar-refractivity contribution in [2.45, 2.75) is 45.4 Å². The van der Waals surface area contributed by atoms with E-state index in [1.54, 1.807) is 30.9 Å². The second-order valence-corrected chi connectivity index (χ2v) is 6.84. The number of hydrogen-bond donors (Lipinski definition) is 1. The summed E-state index contributed by atoms with van der Waals surface area (Å²) in [6, 6.07) is 3.36. The molecule has 0 amide bonds. The molecular weight excluding hydrogens is 295 g/mol. The monoisotopic (exact) mass is 314 g/mol. The molecule has 0 atom stereocenters. The third-order valence-electron chi connectivity index (χ3n) is 4.19. The Morgan fingerprint density at radius 2 is 2.17 bits per heavy atom. The molecule has 23 heavy (non-hydrogen) atoms. The summed E-state index contributed by atoms with van der Waals surface area (Å²) in [4.78, 5) is 4.51. The maximum Gasteiger partial charge on any atom is 0.133 e. The van der Waals surface area contributed by atoms with E-state index in [-0.39, 0.29) is 5.82 Å². The first-order chi connectivity index (χ1) is 10.9. The zero-order valence-electron chi connectivity index (χ0n) is 13.3. The number of imidazole rings is 1. The number of nitrogens with zero attached hydrogens (tertiary/aromatic N) is 4. The Morgan fingerprint density at radius 1 is 1.35 bits per heavy atom. The molecular formula is C17H19FN4O. The highest BCUT2D eigenvalue weighted by molar-refractivity contribution is 5.83. The van der Waals surface area contributed by atoms with Gasteiger partial charge in [0.15, 0.2) is 0 Å². The van der Waals surface area contributed by atoms with Crippen LogP contribution in [0.3, 0.4) is 0 Å². The van der Waals surface area contributed by atoms with Crippen molar-refractivity contribution in [2.24, 2.45) is 0 Å². The van der Waals surface area contributed by atoms with E-state index in [1.807, 2.05) is 6.07 Å². The number of benzene rings is 1. The summed E-state index contributed by atoms with van der Waals surface area (Å²) in [5.74, 6) is 0.742. The van der Waals surface area contributed by atoms with Gasteiger partial charge in [-0.15, -0.1) is 0 Å². The summed E-state index contributed by atoms with van der Waals surface area (Å²) in [6.07, 6.45) is 5.45. The van der Waals surface area contributed by atoms with Crippen LogP contribution in [0.1, 0.15) is 26.1 Å². The number of aliphatic hydroxyl groups is 1. The number of aryl methyl sites for hydroxylation is 2. The largest absolute Gasteiger partial charge is 0.389 e. The summed E-state index contributed by atoms with van der Waals surface area (Å²) < 4.78 is 18.3. The highest BCUT2D eigenvalue weighted by Crippen LogP contribution is 2.30. The topological polar surface area (TPSA) is 55.9 Å². The predicted molar refractivity (Wildman–Crippen MR) is 85.5 cm³/mol. The highest BCUT2D eigenvalue weighted by atomic mass is 19.1. The van der Waals surface area contributed by atoms with Crippen molar-refractivity contribution >= 4 is 11.0 Å². The normalized spacial score (nSPS) is 14.6. The van der Waals surface area contributed by atoms with Crippen LogP contribution in [0.15, 0.2) is 24.5 Å². The molecule has 6 heteroatoms. The SMILES string of the molecule is CC(C)(O)Cn1cc(-c2cc3c(cc2F)nc2n3CCC2)cn1. The van der Waals surface area contributed by atoms with Crippen molar-refractivity contribution in [2.75, 3.05) is 0 Å². The van der Waals surface area contributed by atoms with Crippen LogP contribution in [0, 0.1) is 5.82 Å². The van der Waals surface area contributed by atoms with Crippen LogP contribution >= 0.6 is 0 Å². The molecule has 0 radical (unpaired) electrons. The molecule has 4 rings (SSSR count). The molecule has 1 aliphatic heterocycles. The second-order valence-electron chi connectivity index (χ2n) is 6.84. The molecule has 0 saturated heterocycles. The van der Waals surface area contributed by atoms with Crippen molar-refractivity contribution in [3.63, 3.8) is 0 Å². The first-order valence-electron chi connectivity index (χ1n) is 7.85. The Balaban J connectivity index is 1.78. The average molecular weight is 314 g/mol. The zero-order valence-corrected chi connectivity index (χ0v) is 13.3. The van der Waals surface area contributed by atoms with Gasteiger partial charge in [-0.05, 0) is 26.3 Å². The highest BCUT2D eigenvalue weighted by Gasteiger charge is 2.20. The average Bonchev–Trinajstić information content (AvgIpc) is 3.11. The van der Waals surface area contributed by atoms with Gasteiger partial charge in [-0.25, -0.2) is 9.37 Å². The van der Waals surface area contributed by atoms with Gasteiger partial charge in [0.05, 0.1) is 29.4 Å². The smallest absolute Gasteiger partial charge is 0.133 e. The lowest BCUT2D eigenvalue weighted by Gasteiger charge is -2.16. The van der Waals surface area contributed by atoms with Crippen molar-refractivity contribution in [1.82, 2.24) is 19.3 Å². The van der Waals surface area contributed by atoms with Crippen LogP contribution in [0.4, 0.5) is 4.39 Å². The van der Waals surface area contributed by atoms with Gasteiger partial charge in [-0.1, -0.05) is 0 Å². The Labute approximate surface area is 133 Å². The van der Waals surface area contributed by atoms with Crippen molar-refractivity contribution in [1.29, 1.82) is 0 Å². The van der Waals surface area contributed by atoms with E-state index >= 15 is 0 Å². The fraction of sp³-hybridized carbons (Fsp3) is 0.412. The van der Waals surface area contributed by atoms with Crippen LogP contribution in [-0.4, -0.2) is 30.0 Å².